The van der Waals surface area contributed by atoms with E-state index in [1.807, 2.05) is 0 Å². The van der Waals surface area contributed by atoms with E-state index in [-0.39, 0.29) is 17.0 Å². The molecule has 5 nitrogen and oxygen atoms in total. The molecule has 2 rings (SSSR count). The molecule has 1 aromatic carbocycles. The van der Waals surface area contributed by atoms with Crippen LogP contribution in [-0.2, 0) is 0 Å². The molecule has 0 saturated heterocycles. The highest BCUT2D eigenvalue weighted by Gasteiger charge is 2.11. The molecule has 2 aromatic rings. The molecule has 5 heteroatoms. The summed E-state index contributed by atoms with van der Waals surface area (Å²) >= 11 is 0. The van der Waals surface area contributed by atoms with E-state index in [0.717, 1.165) is 5.56 Å². The molecule has 0 spiro atoms. The lowest BCUT2D eigenvalue weighted by atomic mass is 10.1. The number of phenolic OH excluding ortho intramolecular Hbond substituents is 1. The number of carbonyl (C=O) groups is 1. The molecule has 0 saturated carbocycles. The number of H-pyrrole nitrogens is 1. The van der Waals surface area contributed by atoms with Crippen molar-refractivity contribution in [3.8, 4) is 5.75 Å². The van der Waals surface area contributed by atoms with E-state index in [9.17, 15) is 14.7 Å². The quantitative estimate of drug-likeness (QED) is 0.770. The predicted octanol–water partition coefficient (Wildman–Crippen LogP) is 1.95. The molecule has 3 N–H and O–H groups in total. The van der Waals surface area contributed by atoms with Crippen LogP contribution in [0, 0.1) is 13.8 Å². The maximum atomic E-state index is 12.0. The number of hydrogen-bond acceptors (Lipinski definition) is 3. The number of aromatic amines is 1. The number of carbonyl (C=O) groups excluding carboxylic acids is 1. The zero-order valence-corrected chi connectivity index (χ0v) is 10.7. The maximum Gasteiger partial charge on any atom is 0.272 e. The van der Waals surface area contributed by atoms with Crippen molar-refractivity contribution < 1.29 is 9.90 Å². The fourth-order valence-corrected chi connectivity index (χ4v) is 1.74. The summed E-state index contributed by atoms with van der Waals surface area (Å²) < 4.78 is 0. The van der Waals surface area contributed by atoms with Crippen LogP contribution >= 0.6 is 0 Å². The molecule has 1 amide bonds. The zero-order valence-electron chi connectivity index (χ0n) is 10.7. The van der Waals surface area contributed by atoms with Crippen molar-refractivity contribution in [1.82, 2.24) is 4.98 Å². The van der Waals surface area contributed by atoms with Gasteiger partial charge in [0, 0.05) is 17.3 Å². The van der Waals surface area contributed by atoms with E-state index in [0.29, 0.717) is 11.3 Å². The van der Waals surface area contributed by atoms with Crippen LogP contribution in [0.1, 0.15) is 21.6 Å². The fourth-order valence-electron chi connectivity index (χ4n) is 1.74. The molecular weight excluding hydrogens is 244 g/mol. The van der Waals surface area contributed by atoms with E-state index in [2.05, 4.69) is 10.3 Å². The Kier molecular flexibility index (Phi) is 3.37. The average Bonchev–Trinajstić information content (AvgIpc) is 2.39. The summed E-state index contributed by atoms with van der Waals surface area (Å²) in [6.45, 7) is 3.49. The van der Waals surface area contributed by atoms with Gasteiger partial charge in [-0.2, -0.15) is 0 Å². The Hall–Kier alpha value is -2.56. The van der Waals surface area contributed by atoms with Gasteiger partial charge in [0.25, 0.3) is 5.91 Å². The first-order chi connectivity index (χ1) is 8.99. The molecule has 19 heavy (non-hydrogen) atoms. The second-order valence-corrected chi connectivity index (χ2v) is 4.29. The third kappa shape index (κ3) is 2.65. The molecule has 0 fully saturated rings. The van der Waals surface area contributed by atoms with Crippen LogP contribution in [0.15, 0.2) is 35.1 Å². The van der Waals surface area contributed by atoms with E-state index >= 15 is 0 Å². The van der Waals surface area contributed by atoms with Gasteiger partial charge in [-0.3, -0.25) is 9.59 Å². The summed E-state index contributed by atoms with van der Waals surface area (Å²) in [7, 11) is 0. The van der Waals surface area contributed by atoms with Gasteiger partial charge in [-0.1, -0.05) is 12.1 Å². The lowest BCUT2D eigenvalue weighted by Gasteiger charge is -2.11. The fraction of sp³-hybridized carbons (Fsp3) is 0.143. The van der Waals surface area contributed by atoms with Gasteiger partial charge < -0.3 is 15.4 Å². The van der Waals surface area contributed by atoms with Crippen molar-refractivity contribution in [2.24, 2.45) is 0 Å². The normalized spacial score (nSPS) is 10.2. The van der Waals surface area contributed by atoms with Gasteiger partial charge in [-0.05, 0) is 31.5 Å². The van der Waals surface area contributed by atoms with Gasteiger partial charge in [0.15, 0.2) is 0 Å². The molecule has 98 valence electrons. The minimum Gasteiger partial charge on any atom is -0.507 e. The highest BCUT2D eigenvalue weighted by atomic mass is 16.3. The number of pyridine rings is 1. The largest absolute Gasteiger partial charge is 0.507 e. The van der Waals surface area contributed by atoms with Gasteiger partial charge in [-0.25, -0.2) is 0 Å². The smallest absolute Gasteiger partial charge is 0.272 e. The molecule has 0 aliphatic carbocycles. The zero-order chi connectivity index (χ0) is 14.0. The number of hydrogen-bond donors (Lipinski definition) is 3. The molecule has 0 bridgehead atoms. The Balaban J connectivity index is 2.29. The first kappa shape index (κ1) is 12.9. The number of nitrogens with one attached hydrogen (secondary N) is 2. The Morgan fingerprint density at radius 2 is 1.95 bits per heavy atom. The highest BCUT2D eigenvalue weighted by molar-refractivity contribution is 6.03. The molecular formula is C14H14N2O3. The minimum atomic E-state index is -0.427. The number of phenols is 1. The molecule has 0 unspecified atom stereocenters. The summed E-state index contributed by atoms with van der Waals surface area (Å²) in [6, 6.07) is 7.78. The third-order valence-electron chi connectivity index (χ3n) is 2.89. The van der Waals surface area contributed by atoms with Crippen molar-refractivity contribution in [2.45, 2.75) is 13.8 Å². The van der Waals surface area contributed by atoms with Crippen molar-refractivity contribution in [2.75, 3.05) is 5.32 Å². The summed E-state index contributed by atoms with van der Waals surface area (Å²) in [4.78, 5) is 25.5. The Morgan fingerprint density at radius 3 is 2.63 bits per heavy atom. The van der Waals surface area contributed by atoms with E-state index in [1.54, 1.807) is 26.0 Å². The number of aromatic hydroxyl groups is 1. The lowest BCUT2D eigenvalue weighted by Crippen LogP contribution is -2.18. The maximum absolute atomic E-state index is 12.0. The minimum absolute atomic E-state index is 0.152. The summed E-state index contributed by atoms with van der Waals surface area (Å²) in [6.07, 6.45) is 0. The number of anilines is 1. The van der Waals surface area contributed by atoms with Crippen LogP contribution in [0.5, 0.6) is 5.75 Å². The SMILES string of the molecule is Cc1ccc(NC(=O)c2cccc(=O)[nH]2)c(C)c1O. The van der Waals surface area contributed by atoms with Gasteiger partial charge >= 0.3 is 0 Å². The van der Waals surface area contributed by atoms with Crippen LogP contribution in [0.4, 0.5) is 5.69 Å². The Labute approximate surface area is 109 Å². The molecule has 0 aliphatic rings. The van der Waals surface area contributed by atoms with Crippen LogP contribution in [0.2, 0.25) is 0 Å². The first-order valence-corrected chi connectivity index (χ1v) is 5.79. The topological polar surface area (TPSA) is 82.2 Å². The standard InChI is InChI=1S/C14H14N2O3/c1-8-6-7-10(9(2)13(8)18)16-14(19)11-4-3-5-12(17)15-11/h3-7,18H,1-2H3,(H,15,17)(H,16,19). The van der Waals surface area contributed by atoms with Crippen molar-refractivity contribution in [3.63, 3.8) is 0 Å². The Morgan fingerprint density at radius 1 is 1.21 bits per heavy atom. The Bertz CT molecular complexity index is 689. The van der Waals surface area contributed by atoms with E-state index in [1.165, 1.54) is 18.2 Å². The summed E-state index contributed by atoms with van der Waals surface area (Å²) in [5, 5.41) is 12.5. The van der Waals surface area contributed by atoms with Crippen molar-refractivity contribution in [1.29, 1.82) is 0 Å². The van der Waals surface area contributed by atoms with Gasteiger partial charge in [0.2, 0.25) is 5.56 Å². The van der Waals surface area contributed by atoms with Gasteiger partial charge in [-0.15, -0.1) is 0 Å². The third-order valence-corrected chi connectivity index (χ3v) is 2.89. The van der Waals surface area contributed by atoms with E-state index in [4.69, 9.17) is 0 Å². The molecule has 1 aromatic heterocycles. The number of rotatable bonds is 2. The average molecular weight is 258 g/mol. The number of benzene rings is 1. The number of aryl methyl sites for hydroxylation is 1. The molecule has 0 atom stereocenters. The lowest BCUT2D eigenvalue weighted by molar-refractivity contribution is 0.102. The van der Waals surface area contributed by atoms with Crippen LogP contribution < -0.4 is 10.9 Å². The van der Waals surface area contributed by atoms with Crippen molar-refractivity contribution in [3.05, 3.63) is 57.5 Å². The monoisotopic (exact) mass is 258 g/mol. The van der Waals surface area contributed by atoms with Crippen LogP contribution in [-0.4, -0.2) is 16.0 Å². The van der Waals surface area contributed by atoms with Crippen LogP contribution in [0.25, 0.3) is 0 Å². The summed E-state index contributed by atoms with van der Waals surface area (Å²) in [5.74, 6) is -0.275. The first-order valence-electron chi connectivity index (χ1n) is 5.79. The van der Waals surface area contributed by atoms with Crippen molar-refractivity contribution >= 4 is 11.6 Å². The molecule has 1 heterocycles. The van der Waals surface area contributed by atoms with Crippen LogP contribution in [0.3, 0.4) is 0 Å². The van der Waals surface area contributed by atoms with Gasteiger partial charge in [0.1, 0.15) is 11.4 Å². The number of amides is 1. The van der Waals surface area contributed by atoms with Gasteiger partial charge in [0.05, 0.1) is 0 Å². The molecule has 0 radical (unpaired) electrons. The second kappa shape index (κ2) is 4.97. The highest BCUT2D eigenvalue weighted by Crippen LogP contribution is 2.28. The number of aromatic nitrogens is 1. The second-order valence-electron chi connectivity index (χ2n) is 4.29. The van der Waals surface area contributed by atoms with E-state index < -0.39 is 5.91 Å². The predicted molar refractivity (Wildman–Crippen MR) is 72.6 cm³/mol. The summed E-state index contributed by atoms with van der Waals surface area (Å²) in [5.41, 5.74) is 1.68. The molecule has 0 aliphatic heterocycles.